The van der Waals surface area contributed by atoms with Gasteiger partial charge in [0.1, 0.15) is 11.6 Å². The summed E-state index contributed by atoms with van der Waals surface area (Å²) in [5, 5.41) is 2.48. The van der Waals surface area contributed by atoms with Crippen LogP contribution >= 0.6 is 0 Å². The fraction of sp³-hybridized carbons (Fsp3) is 0.900. The molecule has 0 aromatic heterocycles. The maximum Gasteiger partial charge on any atom is 0.415 e. The minimum absolute atomic E-state index is 0.334. The number of alkyl halides is 3. The van der Waals surface area contributed by atoms with Crippen LogP contribution in [-0.2, 0) is 14.3 Å². The van der Waals surface area contributed by atoms with Crippen LogP contribution in [-0.4, -0.2) is 43.0 Å². The molecule has 0 unspecified atom stereocenters. The predicted octanol–water partition coefficient (Wildman–Crippen LogP) is 1.25. The van der Waals surface area contributed by atoms with E-state index in [-0.39, 0.29) is 6.61 Å². The topological polar surface area (TPSA) is 47.6 Å². The lowest BCUT2D eigenvalue weighted by Crippen LogP contribution is -2.55. The van der Waals surface area contributed by atoms with Crippen molar-refractivity contribution in [3.63, 3.8) is 0 Å². The van der Waals surface area contributed by atoms with Crippen LogP contribution in [0.4, 0.5) is 13.2 Å². The van der Waals surface area contributed by atoms with Crippen LogP contribution in [0.3, 0.4) is 0 Å². The highest BCUT2D eigenvalue weighted by Crippen LogP contribution is 2.24. The number of hydrogen-bond donors (Lipinski definition) is 1. The molecule has 0 amide bonds. The fourth-order valence-electron chi connectivity index (χ4n) is 1.31. The maximum atomic E-state index is 12.3. The molecule has 0 aliphatic carbocycles. The molecule has 1 N–H and O–H groups in total. The summed E-state index contributed by atoms with van der Waals surface area (Å²) in [6.45, 7) is 4.29. The Bertz CT molecular complexity index is 278. The molecular weight excluding hydrogens is 239 g/mol. The summed E-state index contributed by atoms with van der Waals surface area (Å²) in [7, 11) is 0. The van der Waals surface area contributed by atoms with Gasteiger partial charge in [-0.05, 0) is 20.8 Å². The number of esters is 1. The predicted molar refractivity (Wildman–Crippen MR) is 53.4 cm³/mol. The molecule has 0 aromatic rings. The third-order valence-corrected chi connectivity index (χ3v) is 2.07. The van der Waals surface area contributed by atoms with Crippen LogP contribution in [0.1, 0.15) is 20.8 Å². The molecule has 1 fully saturated rings. The van der Waals surface area contributed by atoms with E-state index in [2.05, 4.69) is 10.1 Å². The number of carbonyl (C=O) groups is 1. The smallest absolute Gasteiger partial charge is 0.415 e. The van der Waals surface area contributed by atoms with Crippen LogP contribution in [0.2, 0.25) is 0 Å². The summed E-state index contributed by atoms with van der Waals surface area (Å²) in [5.41, 5.74) is -0.667. The molecule has 7 heteroatoms. The van der Waals surface area contributed by atoms with E-state index in [0.29, 0.717) is 0 Å². The van der Waals surface area contributed by atoms with Gasteiger partial charge in [0.2, 0.25) is 0 Å². The van der Waals surface area contributed by atoms with Gasteiger partial charge in [-0.3, -0.25) is 10.1 Å². The van der Waals surface area contributed by atoms with Gasteiger partial charge in [-0.25, -0.2) is 0 Å². The van der Waals surface area contributed by atoms with Gasteiger partial charge in [0.15, 0.2) is 6.10 Å². The van der Waals surface area contributed by atoms with Crippen molar-refractivity contribution in [2.24, 2.45) is 0 Å². The van der Waals surface area contributed by atoms with E-state index in [1.807, 2.05) is 0 Å². The van der Waals surface area contributed by atoms with Crippen molar-refractivity contribution in [3.05, 3.63) is 0 Å². The second-order valence-corrected chi connectivity index (χ2v) is 4.86. The summed E-state index contributed by atoms with van der Waals surface area (Å²) in [4.78, 5) is 11.5. The van der Waals surface area contributed by atoms with E-state index in [1.165, 1.54) is 0 Å². The zero-order valence-electron chi connectivity index (χ0n) is 9.93. The molecule has 100 valence electrons. The van der Waals surface area contributed by atoms with Crippen LogP contribution in [0, 0.1) is 0 Å². The number of hydrogen-bond acceptors (Lipinski definition) is 4. The Morgan fingerprint density at radius 3 is 2.29 bits per heavy atom. The zero-order chi connectivity index (χ0) is 13.3. The van der Waals surface area contributed by atoms with Crippen molar-refractivity contribution >= 4 is 5.97 Å². The van der Waals surface area contributed by atoms with E-state index in [0.717, 1.165) is 0 Å². The van der Waals surface area contributed by atoms with Crippen LogP contribution < -0.4 is 5.32 Å². The second kappa shape index (κ2) is 4.81. The van der Waals surface area contributed by atoms with Gasteiger partial charge in [0, 0.05) is 6.54 Å². The fourth-order valence-corrected chi connectivity index (χ4v) is 1.31. The lowest BCUT2D eigenvalue weighted by Gasteiger charge is -2.31. The van der Waals surface area contributed by atoms with Crippen LogP contribution in [0.25, 0.3) is 0 Å². The van der Waals surface area contributed by atoms with Crippen molar-refractivity contribution in [2.45, 2.75) is 44.7 Å². The number of morpholine rings is 1. The number of carbonyl (C=O) groups excluding carboxylic acids is 1. The Morgan fingerprint density at radius 2 is 1.94 bits per heavy atom. The molecule has 1 aliphatic heterocycles. The molecule has 0 aromatic carbocycles. The molecule has 1 rings (SSSR count). The number of ether oxygens (including phenoxy) is 2. The van der Waals surface area contributed by atoms with E-state index >= 15 is 0 Å². The first-order valence-corrected chi connectivity index (χ1v) is 5.24. The van der Waals surface area contributed by atoms with Crippen molar-refractivity contribution in [1.82, 2.24) is 5.32 Å². The summed E-state index contributed by atoms with van der Waals surface area (Å²) >= 11 is 0. The first kappa shape index (κ1) is 14.2. The van der Waals surface area contributed by atoms with E-state index in [9.17, 15) is 18.0 Å². The van der Waals surface area contributed by atoms with E-state index < -0.39 is 36.4 Å². The molecule has 0 spiro atoms. The number of nitrogens with one attached hydrogen (secondary N) is 1. The van der Waals surface area contributed by atoms with Crippen LogP contribution in [0.5, 0.6) is 0 Å². The minimum Gasteiger partial charge on any atom is -0.459 e. The molecule has 0 saturated carbocycles. The van der Waals surface area contributed by atoms with Crippen molar-refractivity contribution in [3.8, 4) is 0 Å². The molecular formula is C10H16F3NO3. The molecule has 1 heterocycles. The average molecular weight is 255 g/mol. The van der Waals surface area contributed by atoms with Gasteiger partial charge in [-0.1, -0.05) is 0 Å². The Labute approximate surface area is 97.5 Å². The molecule has 1 aliphatic rings. The first-order chi connectivity index (χ1) is 7.59. The van der Waals surface area contributed by atoms with Gasteiger partial charge in [0.25, 0.3) is 0 Å². The van der Waals surface area contributed by atoms with Gasteiger partial charge in [-0.15, -0.1) is 0 Å². The molecule has 4 nitrogen and oxygen atoms in total. The molecule has 0 radical (unpaired) electrons. The van der Waals surface area contributed by atoms with E-state index in [4.69, 9.17) is 4.74 Å². The molecule has 2 atom stereocenters. The standard InChI is InChI=1S/C10H16F3NO3/c1-9(2,3)17-8(15)6-5-16-7(4-14-6)10(11,12)13/h6-7,14H,4-5H2,1-3H3/t6-,7-/m0/s1. The Balaban J connectivity index is 2.45. The summed E-state index contributed by atoms with van der Waals surface area (Å²) in [6, 6.07) is -0.840. The Hall–Kier alpha value is -0.820. The van der Waals surface area contributed by atoms with Gasteiger partial charge < -0.3 is 9.47 Å². The summed E-state index contributed by atoms with van der Waals surface area (Å²) in [6.07, 6.45) is -6.27. The van der Waals surface area contributed by atoms with E-state index in [1.54, 1.807) is 20.8 Å². The molecule has 1 saturated heterocycles. The molecule has 17 heavy (non-hydrogen) atoms. The van der Waals surface area contributed by atoms with Crippen LogP contribution in [0.15, 0.2) is 0 Å². The highest BCUT2D eigenvalue weighted by molar-refractivity contribution is 5.76. The largest absolute Gasteiger partial charge is 0.459 e. The number of rotatable bonds is 1. The number of halogens is 3. The summed E-state index contributed by atoms with van der Waals surface area (Å²) in [5.74, 6) is -0.599. The van der Waals surface area contributed by atoms with Crippen molar-refractivity contribution in [1.29, 1.82) is 0 Å². The molecule has 0 bridgehead atoms. The highest BCUT2D eigenvalue weighted by atomic mass is 19.4. The zero-order valence-corrected chi connectivity index (χ0v) is 9.93. The van der Waals surface area contributed by atoms with Gasteiger partial charge in [-0.2, -0.15) is 13.2 Å². The monoisotopic (exact) mass is 255 g/mol. The van der Waals surface area contributed by atoms with Gasteiger partial charge in [0.05, 0.1) is 6.61 Å². The SMILES string of the molecule is CC(C)(C)OC(=O)[C@@H]1CO[C@H](C(F)(F)F)CN1. The third-order valence-electron chi connectivity index (χ3n) is 2.07. The lowest BCUT2D eigenvalue weighted by atomic mass is 10.1. The third kappa shape index (κ3) is 4.51. The quantitative estimate of drug-likeness (QED) is 0.716. The Kier molecular flexibility index (Phi) is 4.03. The van der Waals surface area contributed by atoms with Crippen molar-refractivity contribution in [2.75, 3.05) is 13.2 Å². The average Bonchev–Trinajstić information content (AvgIpc) is 2.14. The highest BCUT2D eigenvalue weighted by Gasteiger charge is 2.44. The van der Waals surface area contributed by atoms with Crippen molar-refractivity contribution < 1.29 is 27.4 Å². The lowest BCUT2D eigenvalue weighted by molar-refractivity contribution is -0.231. The maximum absolute atomic E-state index is 12.3. The second-order valence-electron chi connectivity index (χ2n) is 4.86. The van der Waals surface area contributed by atoms with Gasteiger partial charge >= 0.3 is 12.1 Å². The summed E-state index contributed by atoms with van der Waals surface area (Å²) < 4.78 is 46.4. The minimum atomic E-state index is -4.41. The normalized spacial score (nSPS) is 26.7. The first-order valence-electron chi connectivity index (χ1n) is 5.24. The Morgan fingerprint density at radius 1 is 1.35 bits per heavy atom.